The average molecular weight is 225 g/mol. The maximum Gasteiger partial charge on any atom is 0.185 e. The normalized spacial score (nSPS) is 16.9. The Morgan fingerprint density at radius 1 is 1.31 bits per heavy atom. The van der Waals surface area contributed by atoms with Crippen molar-refractivity contribution in [1.82, 2.24) is 0 Å². The van der Waals surface area contributed by atoms with E-state index in [1.54, 1.807) is 0 Å². The van der Waals surface area contributed by atoms with Crippen LogP contribution in [0.15, 0.2) is 23.2 Å². The predicted octanol–water partition coefficient (Wildman–Crippen LogP) is 1.27. The zero-order chi connectivity index (χ0) is 11.8. The molecule has 2 rings (SSSR count). The molecule has 1 aromatic carbocycles. The number of aliphatic imine (C=N–C) groups is 1. The van der Waals surface area contributed by atoms with Gasteiger partial charge in [0.2, 0.25) is 0 Å². The Morgan fingerprint density at radius 2 is 2.00 bits per heavy atom. The summed E-state index contributed by atoms with van der Waals surface area (Å²) in [6, 6.07) is 3.62. The number of nitrogens with zero attached hydrogens (tertiary/aromatic N) is 1. The summed E-state index contributed by atoms with van der Waals surface area (Å²) in [7, 11) is 0. The summed E-state index contributed by atoms with van der Waals surface area (Å²) in [6.45, 7) is 0.359. The second kappa shape index (κ2) is 3.73. The standard InChI is InChI=1S/C11H13F2N3/c12-7-1-2-8(9(13)5-7)11(3-4-11)6-16-10(14)15/h1-2,5H,3-4,6H2,(H4,14,15,16). The van der Waals surface area contributed by atoms with Crippen molar-refractivity contribution in [2.45, 2.75) is 18.3 Å². The van der Waals surface area contributed by atoms with Gasteiger partial charge < -0.3 is 11.5 Å². The maximum atomic E-state index is 13.6. The van der Waals surface area contributed by atoms with Gasteiger partial charge in [-0.25, -0.2) is 8.78 Å². The minimum atomic E-state index is -0.570. The van der Waals surface area contributed by atoms with Crippen LogP contribution in [0, 0.1) is 11.6 Å². The third-order valence-corrected chi connectivity index (χ3v) is 2.92. The molecule has 1 aromatic rings. The Morgan fingerprint density at radius 3 is 2.50 bits per heavy atom. The van der Waals surface area contributed by atoms with Gasteiger partial charge in [0.15, 0.2) is 5.96 Å². The monoisotopic (exact) mass is 225 g/mol. The highest BCUT2D eigenvalue weighted by atomic mass is 19.1. The lowest BCUT2D eigenvalue weighted by Crippen LogP contribution is -2.25. The molecule has 1 aliphatic rings. The highest BCUT2D eigenvalue weighted by Crippen LogP contribution is 2.49. The molecular formula is C11H13F2N3. The molecule has 3 nitrogen and oxygen atoms in total. The minimum Gasteiger partial charge on any atom is -0.370 e. The number of hydrogen-bond acceptors (Lipinski definition) is 1. The SMILES string of the molecule is NC(N)=NCC1(c2ccc(F)cc2F)CC1. The Bertz CT molecular complexity index is 435. The largest absolute Gasteiger partial charge is 0.370 e. The lowest BCUT2D eigenvalue weighted by molar-refractivity contribution is 0.549. The fourth-order valence-corrected chi connectivity index (χ4v) is 1.83. The van der Waals surface area contributed by atoms with Gasteiger partial charge in [-0.05, 0) is 24.5 Å². The smallest absolute Gasteiger partial charge is 0.185 e. The van der Waals surface area contributed by atoms with Crippen LogP contribution in [0.25, 0.3) is 0 Å². The van der Waals surface area contributed by atoms with Gasteiger partial charge in [-0.2, -0.15) is 0 Å². The van der Waals surface area contributed by atoms with E-state index in [0.29, 0.717) is 12.1 Å². The van der Waals surface area contributed by atoms with Crippen LogP contribution < -0.4 is 11.5 Å². The van der Waals surface area contributed by atoms with E-state index in [1.165, 1.54) is 12.1 Å². The van der Waals surface area contributed by atoms with Crippen LogP contribution in [0.5, 0.6) is 0 Å². The number of hydrogen-bond donors (Lipinski definition) is 2. The van der Waals surface area contributed by atoms with E-state index < -0.39 is 11.6 Å². The molecule has 1 aliphatic carbocycles. The number of nitrogens with two attached hydrogens (primary N) is 2. The lowest BCUT2D eigenvalue weighted by Gasteiger charge is -2.13. The molecular weight excluding hydrogens is 212 g/mol. The van der Waals surface area contributed by atoms with Crippen LogP contribution in [0.3, 0.4) is 0 Å². The molecule has 5 heteroatoms. The molecule has 0 amide bonds. The van der Waals surface area contributed by atoms with E-state index in [4.69, 9.17) is 11.5 Å². The summed E-state index contributed by atoms with van der Waals surface area (Å²) in [6.07, 6.45) is 1.65. The third-order valence-electron chi connectivity index (χ3n) is 2.92. The van der Waals surface area contributed by atoms with Crippen molar-refractivity contribution in [2.75, 3.05) is 6.54 Å². The van der Waals surface area contributed by atoms with Crippen molar-refractivity contribution in [3.05, 3.63) is 35.4 Å². The van der Waals surface area contributed by atoms with E-state index in [9.17, 15) is 8.78 Å². The Hall–Kier alpha value is -1.65. The number of guanidine groups is 1. The van der Waals surface area contributed by atoms with E-state index in [2.05, 4.69) is 4.99 Å². The minimum absolute atomic E-state index is 0.00575. The zero-order valence-corrected chi connectivity index (χ0v) is 8.71. The highest BCUT2D eigenvalue weighted by molar-refractivity contribution is 5.75. The third kappa shape index (κ3) is 1.98. The number of rotatable bonds is 3. The lowest BCUT2D eigenvalue weighted by atomic mass is 9.95. The van der Waals surface area contributed by atoms with Gasteiger partial charge in [0, 0.05) is 11.5 Å². The topological polar surface area (TPSA) is 64.4 Å². The van der Waals surface area contributed by atoms with Gasteiger partial charge in [-0.3, -0.25) is 4.99 Å². The molecule has 0 radical (unpaired) electrons. The molecule has 0 unspecified atom stereocenters. The molecule has 16 heavy (non-hydrogen) atoms. The van der Waals surface area contributed by atoms with Gasteiger partial charge in [0.05, 0.1) is 6.54 Å². The second-order valence-electron chi connectivity index (χ2n) is 4.15. The summed E-state index contributed by atoms with van der Waals surface area (Å²) in [5.41, 5.74) is 10.7. The molecule has 0 atom stereocenters. The van der Waals surface area contributed by atoms with Crippen molar-refractivity contribution in [2.24, 2.45) is 16.5 Å². The van der Waals surface area contributed by atoms with Crippen molar-refractivity contribution in [3.8, 4) is 0 Å². The zero-order valence-electron chi connectivity index (χ0n) is 8.71. The van der Waals surface area contributed by atoms with Gasteiger partial charge in [0.1, 0.15) is 11.6 Å². The number of benzene rings is 1. The van der Waals surface area contributed by atoms with Gasteiger partial charge in [-0.15, -0.1) is 0 Å². The first kappa shape index (κ1) is 10.9. The molecule has 4 N–H and O–H groups in total. The predicted molar refractivity (Wildman–Crippen MR) is 57.9 cm³/mol. The number of halogens is 2. The average Bonchev–Trinajstić information content (AvgIpc) is 2.96. The van der Waals surface area contributed by atoms with E-state index in [0.717, 1.165) is 18.9 Å². The summed E-state index contributed by atoms with van der Waals surface area (Å²) >= 11 is 0. The van der Waals surface area contributed by atoms with E-state index >= 15 is 0 Å². The molecule has 0 bridgehead atoms. The van der Waals surface area contributed by atoms with Gasteiger partial charge in [0.25, 0.3) is 0 Å². The molecule has 0 aliphatic heterocycles. The molecule has 1 fully saturated rings. The first-order chi connectivity index (χ1) is 7.53. The molecule has 86 valence electrons. The van der Waals surface area contributed by atoms with Crippen LogP contribution in [0.2, 0.25) is 0 Å². The van der Waals surface area contributed by atoms with Crippen LogP contribution >= 0.6 is 0 Å². The van der Waals surface area contributed by atoms with Crippen LogP contribution in [-0.2, 0) is 5.41 Å². The molecule has 0 aromatic heterocycles. The Balaban J connectivity index is 2.26. The first-order valence-corrected chi connectivity index (χ1v) is 5.04. The fraction of sp³-hybridized carbons (Fsp3) is 0.364. The van der Waals surface area contributed by atoms with E-state index in [-0.39, 0.29) is 11.4 Å². The van der Waals surface area contributed by atoms with E-state index in [1.807, 2.05) is 0 Å². The summed E-state index contributed by atoms with van der Waals surface area (Å²) in [5, 5.41) is 0. The molecule has 0 saturated heterocycles. The highest BCUT2D eigenvalue weighted by Gasteiger charge is 2.45. The first-order valence-electron chi connectivity index (χ1n) is 5.04. The maximum absolute atomic E-state index is 13.6. The van der Waals surface area contributed by atoms with Crippen LogP contribution in [0.1, 0.15) is 18.4 Å². The van der Waals surface area contributed by atoms with Crippen LogP contribution in [-0.4, -0.2) is 12.5 Å². The van der Waals surface area contributed by atoms with Crippen LogP contribution in [0.4, 0.5) is 8.78 Å². The summed E-state index contributed by atoms with van der Waals surface area (Å²) in [5.74, 6) is -1.10. The Kier molecular flexibility index (Phi) is 2.53. The summed E-state index contributed by atoms with van der Waals surface area (Å²) in [4.78, 5) is 3.91. The van der Waals surface area contributed by atoms with Gasteiger partial charge in [-0.1, -0.05) is 6.07 Å². The summed E-state index contributed by atoms with van der Waals surface area (Å²) < 4.78 is 26.3. The van der Waals surface area contributed by atoms with Crippen molar-refractivity contribution in [1.29, 1.82) is 0 Å². The van der Waals surface area contributed by atoms with Gasteiger partial charge >= 0.3 is 0 Å². The molecule has 0 heterocycles. The van der Waals surface area contributed by atoms with Crippen molar-refractivity contribution in [3.63, 3.8) is 0 Å². The second-order valence-corrected chi connectivity index (χ2v) is 4.15. The quantitative estimate of drug-likeness (QED) is 0.601. The fourth-order valence-electron chi connectivity index (χ4n) is 1.83. The molecule has 1 saturated carbocycles. The molecule has 0 spiro atoms. The Labute approximate surface area is 92.2 Å². The van der Waals surface area contributed by atoms with Crippen molar-refractivity contribution >= 4 is 5.96 Å². The van der Waals surface area contributed by atoms with Crippen molar-refractivity contribution < 1.29 is 8.78 Å².